The molecule has 1 heterocycles. The summed E-state index contributed by atoms with van der Waals surface area (Å²) in [6, 6.07) is 11.6. The molecule has 0 fully saturated rings. The zero-order valence-electron chi connectivity index (χ0n) is 10.2. The van der Waals surface area contributed by atoms with Crippen molar-refractivity contribution in [3.05, 3.63) is 51.5 Å². The fourth-order valence-corrected chi connectivity index (χ4v) is 2.95. The third-order valence-corrected chi connectivity index (χ3v) is 3.86. The van der Waals surface area contributed by atoms with Crippen molar-refractivity contribution in [2.45, 2.75) is 6.92 Å². The van der Waals surface area contributed by atoms with Crippen LogP contribution in [0.2, 0.25) is 5.02 Å². The van der Waals surface area contributed by atoms with Gasteiger partial charge in [0, 0.05) is 9.50 Å². The van der Waals surface area contributed by atoms with Gasteiger partial charge in [-0.3, -0.25) is 4.57 Å². The molecule has 5 heteroatoms. The molecule has 0 aliphatic rings. The summed E-state index contributed by atoms with van der Waals surface area (Å²) >= 11 is 9.63. The Morgan fingerprint density at radius 1 is 1.21 bits per heavy atom. The SMILES string of the molecule is Cc1ccc(-n2c(N)nc3ccc(Cl)cc32)c(Br)c1. The van der Waals surface area contributed by atoms with Gasteiger partial charge in [-0.25, -0.2) is 4.98 Å². The number of fused-ring (bicyclic) bond motifs is 1. The average molecular weight is 337 g/mol. The second kappa shape index (κ2) is 4.54. The van der Waals surface area contributed by atoms with Crippen LogP contribution in [0.3, 0.4) is 0 Å². The predicted molar refractivity (Wildman–Crippen MR) is 82.9 cm³/mol. The van der Waals surface area contributed by atoms with Crippen molar-refractivity contribution in [2.24, 2.45) is 0 Å². The van der Waals surface area contributed by atoms with Crippen LogP contribution in [0.1, 0.15) is 5.56 Å². The lowest BCUT2D eigenvalue weighted by Gasteiger charge is -2.09. The molecule has 19 heavy (non-hydrogen) atoms. The van der Waals surface area contributed by atoms with Gasteiger partial charge in [-0.15, -0.1) is 0 Å². The van der Waals surface area contributed by atoms with Crippen molar-refractivity contribution < 1.29 is 0 Å². The Bertz CT molecular complexity index is 780. The summed E-state index contributed by atoms with van der Waals surface area (Å²) in [6.45, 7) is 2.04. The minimum atomic E-state index is 0.446. The van der Waals surface area contributed by atoms with Gasteiger partial charge in [0.05, 0.1) is 16.7 Å². The van der Waals surface area contributed by atoms with Crippen LogP contribution in [-0.4, -0.2) is 9.55 Å². The van der Waals surface area contributed by atoms with E-state index < -0.39 is 0 Å². The normalized spacial score (nSPS) is 11.1. The molecule has 0 aliphatic carbocycles. The summed E-state index contributed by atoms with van der Waals surface area (Å²) in [6.07, 6.45) is 0. The summed E-state index contributed by atoms with van der Waals surface area (Å²) in [4.78, 5) is 4.36. The molecule has 3 aromatic rings. The third-order valence-electron chi connectivity index (χ3n) is 2.99. The summed E-state index contributed by atoms with van der Waals surface area (Å²) < 4.78 is 2.86. The van der Waals surface area contributed by atoms with E-state index in [4.69, 9.17) is 17.3 Å². The number of benzene rings is 2. The molecule has 2 aromatic carbocycles. The van der Waals surface area contributed by atoms with Crippen LogP contribution in [0.25, 0.3) is 16.7 Å². The van der Waals surface area contributed by atoms with E-state index in [-0.39, 0.29) is 0 Å². The Kier molecular flexibility index (Phi) is 2.99. The average Bonchev–Trinajstić information content (AvgIpc) is 2.65. The number of nitrogen functional groups attached to an aromatic ring is 1. The van der Waals surface area contributed by atoms with Gasteiger partial charge in [0.2, 0.25) is 5.95 Å². The quantitative estimate of drug-likeness (QED) is 0.718. The van der Waals surface area contributed by atoms with Crippen molar-refractivity contribution in [1.29, 1.82) is 0 Å². The fraction of sp³-hybridized carbons (Fsp3) is 0.0714. The molecule has 0 amide bonds. The summed E-state index contributed by atoms with van der Waals surface area (Å²) in [5.41, 5.74) is 9.89. The number of nitrogens with zero attached hydrogens (tertiary/aromatic N) is 2. The molecule has 0 saturated heterocycles. The second-order valence-electron chi connectivity index (χ2n) is 4.39. The van der Waals surface area contributed by atoms with E-state index in [0.29, 0.717) is 11.0 Å². The van der Waals surface area contributed by atoms with Gasteiger partial charge in [0.15, 0.2) is 0 Å². The summed E-state index contributed by atoms with van der Waals surface area (Å²) in [7, 11) is 0. The molecule has 2 N–H and O–H groups in total. The van der Waals surface area contributed by atoms with Gasteiger partial charge in [-0.1, -0.05) is 17.7 Å². The van der Waals surface area contributed by atoms with Crippen molar-refractivity contribution in [3.63, 3.8) is 0 Å². The highest BCUT2D eigenvalue weighted by Crippen LogP contribution is 2.30. The molecule has 3 rings (SSSR count). The standard InChI is InChI=1S/C14H11BrClN3/c1-8-2-5-12(10(15)6-8)19-13-7-9(16)3-4-11(13)18-14(19)17/h2-7H,1H3,(H2,17,18). The Balaban J connectivity index is 2.35. The largest absolute Gasteiger partial charge is 0.369 e. The highest BCUT2D eigenvalue weighted by atomic mass is 79.9. The maximum absolute atomic E-state index is 6.06. The number of anilines is 1. The lowest BCUT2D eigenvalue weighted by molar-refractivity contribution is 1.10. The number of hydrogen-bond donors (Lipinski definition) is 1. The lowest BCUT2D eigenvalue weighted by atomic mass is 10.2. The zero-order valence-corrected chi connectivity index (χ0v) is 12.5. The van der Waals surface area contributed by atoms with E-state index in [0.717, 1.165) is 21.2 Å². The Morgan fingerprint density at radius 2 is 2.00 bits per heavy atom. The molecule has 0 unspecified atom stereocenters. The number of rotatable bonds is 1. The van der Waals surface area contributed by atoms with Crippen molar-refractivity contribution in [2.75, 3.05) is 5.73 Å². The predicted octanol–water partition coefficient (Wildman–Crippen LogP) is 4.33. The molecule has 0 saturated carbocycles. The number of aromatic nitrogens is 2. The first-order valence-corrected chi connectivity index (χ1v) is 6.93. The van der Waals surface area contributed by atoms with Gasteiger partial charge >= 0.3 is 0 Å². The zero-order chi connectivity index (χ0) is 13.6. The smallest absolute Gasteiger partial charge is 0.205 e. The summed E-state index contributed by atoms with van der Waals surface area (Å²) in [5, 5.41) is 0.664. The minimum absolute atomic E-state index is 0.446. The molecule has 1 aromatic heterocycles. The molecular formula is C14H11BrClN3. The monoisotopic (exact) mass is 335 g/mol. The molecule has 0 radical (unpaired) electrons. The molecule has 96 valence electrons. The molecule has 0 spiro atoms. The number of aryl methyl sites for hydroxylation is 1. The first-order chi connectivity index (χ1) is 9.06. The maximum atomic E-state index is 6.06. The second-order valence-corrected chi connectivity index (χ2v) is 5.68. The van der Waals surface area contributed by atoms with E-state index in [2.05, 4.69) is 20.9 Å². The highest BCUT2D eigenvalue weighted by molar-refractivity contribution is 9.10. The fourth-order valence-electron chi connectivity index (χ4n) is 2.11. The number of hydrogen-bond acceptors (Lipinski definition) is 2. The van der Waals surface area contributed by atoms with Gasteiger partial charge in [-0.2, -0.15) is 0 Å². The third kappa shape index (κ3) is 2.11. The Hall–Kier alpha value is -1.52. The van der Waals surface area contributed by atoms with E-state index >= 15 is 0 Å². The molecule has 0 aliphatic heterocycles. The highest BCUT2D eigenvalue weighted by Gasteiger charge is 2.12. The molecule has 3 nitrogen and oxygen atoms in total. The number of imidazole rings is 1. The van der Waals surface area contributed by atoms with Gasteiger partial charge in [-0.05, 0) is 58.7 Å². The van der Waals surface area contributed by atoms with Gasteiger partial charge < -0.3 is 5.73 Å². The maximum Gasteiger partial charge on any atom is 0.205 e. The number of halogens is 2. The van der Waals surface area contributed by atoms with E-state index in [1.54, 1.807) is 0 Å². The van der Waals surface area contributed by atoms with Crippen molar-refractivity contribution >= 4 is 44.5 Å². The Morgan fingerprint density at radius 3 is 2.74 bits per heavy atom. The molecule has 0 atom stereocenters. The van der Waals surface area contributed by atoms with Crippen LogP contribution in [-0.2, 0) is 0 Å². The van der Waals surface area contributed by atoms with Crippen LogP contribution in [0.5, 0.6) is 0 Å². The van der Waals surface area contributed by atoms with Crippen LogP contribution >= 0.6 is 27.5 Å². The van der Waals surface area contributed by atoms with E-state index in [1.165, 1.54) is 5.56 Å². The van der Waals surface area contributed by atoms with Crippen LogP contribution in [0, 0.1) is 6.92 Å². The lowest BCUT2D eigenvalue weighted by Crippen LogP contribution is -2.01. The molecular weight excluding hydrogens is 326 g/mol. The van der Waals surface area contributed by atoms with E-state index in [1.807, 2.05) is 47.9 Å². The van der Waals surface area contributed by atoms with Crippen LogP contribution in [0.4, 0.5) is 5.95 Å². The number of nitrogens with two attached hydrogens (primary N) is 1. The van der Waals surface area contributed by atoms with Gasteiger partial charge in [0.1, 0.15) is 0 Å². The minimum Gasteiger partial charge on any atom is -0.369 e. The topological polar surface area (TPSA) is 43.8 Å². The van der Waals surface area contributed by atoms with Crippen LogP contribution in [0.15, 0.2) is 40.9 Å². The van der Waals surface area contributed by atoms with Crippen LogP contribution < -0.4 is 5.73 Å². The Labute approximate surface area is 124 Å². The first-order valence-electron chi connectivity index (χ1n) is 5.76. The summed E-state index contributed by atoms with van der Waals surface area (Å²) in [5.74, 6) is 0.446. The van der Waals surface area contributed by atoms with Gasteiger partial charge in [0.25, 0.3) is 0 Å². The first kappa shape index (κ1) is 12.5. The van der Waals surface area contributed by atoms with E-state index in [9.17, 15) is 0 Å². The van der Waals surface area contributed by atoms with Crippen molar-refractivity contribution in [1.82, 2.24) is 9.55 Å². The molecule has 0 bridgehead atoms. The van der Waals surface area contributed by atoms with Crippen molar-refractivity contribution in [3.8, 4) is 5.69 Å².